The summed E-state index contributed by atoms with van der Waals surface area (Å²) >= 11 is 0. The van der Waals surface area contributed by atoms with Crippen LogP contribution in [0.1, 0.15) is 37.0 Å². The smallest absolute Gasteiger partial charge is 0.242 e. The molecule has 0 saturated heterocycles. The van der Waals surface area contributed by atoms with E-state index >= 15 is 0 Å². The largest absolute Gasteiger partial charge is 0.368 e. The zero-order chi connectivity index (χ0) is 15.5. The second-order valence-corrected chi connectivity index (χ2v) is 5.88. The molecular weight excluding hydrogens is 262 g/mol. The molecule has 0 aromatic heterocycles. The summed E-state index contributed by atoms with van der Waals surface area (Å²) < 4.78 is 0. The van der Waals surface area contributed by atoms with Crippen molar-refractivity contribution in [2.24, 2.45) is 5.73 Å². The number of carbonyl (C=O) groups is 1. The molecule has 0 spiro atoms. The Morgan fingerprint density at radius 2 is 2.10 bits per heavy atom. The van der Waals surface area contributed by atoms with Crippen LogP contribution in [0.3, 0.4) is 0 Å². The number of likely N-dealkylation sites (N-methyl/N-ethyl adjacent to an activating group) is 1. The van der Waals surface area contributed by atoms with E-state index in [1.165, 1.54) is 11.1 Å². The van der Waals surface area contributed by atoms with Crippen LogP contribution in [-0.4, -0.2) is 37.0 Å². The van der Waals surface area contributed by atoms with E-state index in [4.69, 9.17) is 5.73 Å². The van der Waals surface area contributed by atoms with Crippen molar-refractivity contribution in [2.75, 3.05) is 26.2 Å². The summed E-state index contributed by atoms with van der Waals surface area (Å²) in [7, 11) is 0. The van der Waals surface area contributed by atoms with Crippen molar-refractivity contribution in [3.8, 4) is 0 Å². The first-order valence-electron chi connectivity index (χ1n) is 7.90. The molecule has 1 aliphatic rings. The molecule has 4 nitrogen and oxygen atoms in total. The van der Waals surface area contributed by atoms with E-state index < -0.39 is 5.54 Å². The van der Waals surface area contributed by atoms with E-state index in [1.807, 2.05) is 0 Å². The number of hydrogen-bond donors (Lipinski definition) is 2. The molecule has 3 N–H and O–H groups in total. The highest BCUT2D eigenvalue weighted by molar-refractivity contribution is 5.87. The third-order valence-electron chi connectivity index (χ3n) is 4.66. The van der Waals surface area contributed by atoms with Gasteiger partial charge in [0.15, 0.2) is 0 Å². The summed E-state index contributed by atoms with van der Waals surface area (Å²) in [5.41, 5.74) is 8.57. The summed E-state index contributed by atoms with van der Waals surface area (Å²) in [6.07, 6.45) is 1.68. The first-order chi connectivity index (χ1) is 10.0. The van der Waals surface area contributed by atoms with Gasteiger partial charge in [0.05, 0.1) is 0 Å². The van der Waals surface area contributed by atoms with E-state index in [0.717, 1.165) is 44.6 Å². The molecule has 0 saturated carbocycles. The minimum absolute atomic E-state index is 0.258. The quantitative estimate of drug-likeness (QED) is 0.801. The maximum Gasteiger partial charge on any atom is 0.242 e. The van der Waals surface area contributed by atoms with Crippen molar-refractivity contribution < 1.29 is 4.79 Å². The molecule has 0 fully saturated rings. The molecule has 21 heavy (non-hydrogen) atoms. The second-order valence-electron chi connectivity index (χ2n) is 5.88. The third-order valence-corrected chi connectivity index (χ3v) is 4.66. The van der Waals surface area contributed by atoms with Gasteiger partial charge < -0.3 is 10.6 Å². The Balaban J connectivity index is 2.17. The van der Waals surface area contributed by atoms with Gasteiger partial charge in [0, 0.05) is 13.1 Å². The van der Waals surface area contributed by atoms with Gasteiger partial charge >= 0.3 is 0 Å². The fraction of sp³-hybridized carbons (Fsp3) is 0.588. The second kappa shape index (κ2) is 6.58. The molecule has 1 aliphatic carbocycles. The monoisotopic (exact) mass is 289 g/mol. The van der Waals surface area contributed by atoms with Crippen molar-refractivity contribution in [3.63, 3.8) is 0 Å². The Morgan fingerprint density at radius 3 is 2.71 bits per heavy atom. The average Bonchev–Trinajstić information content (AvgIpc) is 2.83. The number of fused-ring (bicyclic) bond motifs is 1. The number of nitrogens with one attached hydrogen (secondary N) is 1. The standard InChI is InChI=1S/C17H27N3O/c1-4-20(5-2)11-10-19-17(16(18)21)9-8-14-7-6-13(3)12-15(14)17/h6-7,12,19H,4-5,8-11H2,1-3H3,(H2,18,21). The number of nitrogens with two attached hydrogens (primary N) is 1. The van der Waals surface area contributed by atoms with Crippen molar-refractivity contribution in [2.45, 2.75) is 39.2 Å². The first-order valence-corrected chi connectivity index (χ1v) is 7.90. The lowest BCUT2D eigenvalue weighted by atomic mass is 9.90. The van der Waals surface area contributed by atoms with Crippen LogP contribution in [0.25, 0.3) is 0 Å². The molecule has 1 amide bonds. The van der Waals surface area contributed by atoms with Crippen LogP contribution in [-0.2, 0) is 16.8 Å². The lowest BCUT2D eigenvalue weighted by molar-refractivity contribution is -0.124. The fourth-order valence-electron chi connectivity index (χ4n) is 3.26. The lowest BCUT2D eigenvalue weighted by Crippen LogP contribution is -2.53. The zero-order valence-corrected chi connectivity index (χ0v) is 13.4. The van der Waals surface area contributed by atoms with Crippen LogP contribution in [0.4, 0.5) is 0 Å². The van der Waals surface area contributed by atoms with Crippen LogP contribution < -0.4 is 11.1 Å². The number of rotatable bonds is 7. The summed E-state index contributed by atoms with van der Waals surface area (Å²) in [6.45, 7) is 10.1. The van der Waals surface area contributed by atoms with Crippen LogP contribution >= 0.6 is 0 Å². The minimum atomic E-state index is -0.686. The van der Waals surface area contributed by atoms with Crippen molar-refractivity contribution >= 4 is 5.91 Å². The Hall–Kier alpha value is -1.39. The zero-order valence-electron chi connectivity index (χ0n) is 13.4. The molecule has 116 valence electrons. The van der Waals surface area contributed by atoms with E-state index in [1.54, 1.807) is 0 Å². The number of aryl methyl sites for hydroxylation is 2. The number of amides is 1. The summed E-state index contributed by atoms with van der Waals surface area (Å²) in [4.78, 5) is 14.5. The van der Waals surface area contributed by atoms with Crippen LogP contribution in [0.15, 0.2) is 18.2 Å². The minimum Gasteiger partial charge on any atom is -0.368 e. The predicted molar refractivity (Wildman–Crippen MR) is 86.2 cm³/mol. The predicted octanol–water partition coefficient (Wildman–Crippen LogP) is 1.55. The van der Waals surface area contributed by atoms with Crippen molar-refractivity contribution in [3.05, 3.63) is 34.9 Å². The van der Waals surface area contributed by atoms with Gasteiger partial charge in [-0.15, -0.1) is 0 Å². The van der Waals surface area contributed by atoms with Gasteiger partial charge in [-0.3, -0.25) is 10.1 Å². The van der Waals surface area contributed by atoms with Gasteiger partial charge in [0.25, 0.3) is 0 Å². The molecule has 1 unspecified atom stereocenters. The molecule has 0 bridgehead atoms. The fourth-order valence-corrected chi connectivity index (χ4v) is 3.26. The summed E-state index contributed by atoms with van der Waals surface area (Å²) in [6, 6.07) is 6.34. The highest BCUT2D eigenvalue weighted by Gasteiger charge is 2.43. The molecular formula is C17H27N3O. The highest BCUT2D eigenvalue weighted by atomic mass is 16.1. The SMILES string of the molecule is CCN(CC)CCNC1(C(N)=O)CCc2ccc(C)cc21. The summed E-state index contributed by atoms with van der Waals surface area (Å²) in [5.74, 6) is -0.258. The van der Waals surface area contributed by atoms with E-state index in [0.29, 0.717) is 0 Å². The van der Waals surface area contributed by atoms with Gasteiger partial charge in [-0.1, -0.05) is 37.6 Å². The first kappa shape index (κ1) is 16.0. The molecule has 1 atom stereocenters. The van der Waals surface area contributed by atoms with E-state index in [2.05, 4.69) is 49.2 Å². The van der Waals surface area contributed by atoms with Gasteiger partial charge in [0.2, 0.25) is 5.91 Å². The number of carbonyl (C=O) groups excluding carboxylic acids is 1. The van der Waals surface area contributed by atoms with Gasteiger partial charge in [0.1, 0.15) is 5.54 Å². The van der Waals surface area contributed by atoms with Crippen LogP contribution in [0, 0.1) is 6.92 Å². The number of nitrogens with zero attached hydrogens (tertiary/aromatic N) is 1. The normalized spacial score (nSPS) is 20.8. The van der Waals surface area contributed by atoms with Crippen molar-refractivity contribution in [1.29, 1.82) is 0 Å². The molecule has 4 heteroatoms. The van der Waals surface area contributed by atoms with Crippen LogP contribution in [0.2, 0.25) is 0 Å². The lowest BCUT2D eigenvalue weighted by Gasteiger charge is -2.30. The number of hydrogen-bond acceptors (Lipinski definition) is 3. The maximum absolute atomic E-state index is 12.2. The molecule has 1 aromatic carbocycles. The number of benzene rings is 1. The van der Waals surface area contributed by atoms with E-state index in [-0.39, 0.29) is 5.91 Å². The van der Waals surface area contributed by atoms with Crippen LogP contribution in [0.5, 0.6) is 0 Å². The molecule has 0 radical (unpaired) electrons. The van der Waals surface area contributed by atoms with Gasteiger partial charge in [-0.2, -0.15) is 0 Å². The molecule has 1 aromatic rings. The van der Waals surface area contributed by atoms with Crippen molar-refractivity contribution in [1.82, 2.24) is 10.2 Å². The Labute approximate surface area is 127 Å². The number of primary amides is 1. The Kier molecular flexibility index (Phi) is 5.01. The summed E-state index contributed by atoms with van der Waals surface area (Å²) in [5, 5.41) is 3.46. The van der Waals surface area contributed by atoms with Gasteiger partial charge in [-0.05, 0) is 44.0 Å². The highest BCUT2D eigenvalue weighted by Crippen LogP contribution is 2.37. The topological polar surface area (TPSA) is 58.4 Å². The molecule has 2 rings (SSSR count). The Morgan fingerprint density at radius 1 is 1.38 bits per heavy atom. The van der Waals surface area contributed by atoms with Gasteiger partial charge in [-0.25, -0.2) is 0 Å². The molecule has 0 aliphatic heterocycles. The maximum atomic E-state index is 12.2. The van der Waals surface area contributed by atoms with E-state index in [9.17, 15) is 4.79 Å². The average molecular weight is 289 g/mol. The Bertz CT molecular complexity index is 511. The third kappa shape index (κ3) is 3.11. The molecule has 0 heterocycles.